The fourth-order valence-corrected chi connectivity index (χ4v) is 4.89. The van der Waals surface area contributed by atoms with Crippen LogP contribution in [0.4, 0.5) is 0 Å². The van der Waals surface area contributed by atoms with Gasteiger partial charge in [-0.15, -0.1) is 11.8 Å². The first-order valence-corrected chi connectivity index (χ1v) is 9.14. The van der Waals surface area contributed by atoms with Crippen molar-refractivity contribution in [3.63, 3.8) is 0 Å². The molecule has 4 rings (SSSR count). The third kappa shape index (κ3) is 3.15. The molecule has 1 amide bonds. The molecule has 0 bridgehead atoms. The summed E-state index contributed by atoms with van der Waals surface area (Å²) in [5.41, 5.74) is 0.989. The van der Waals surface area contributed by atoms with Gasteiger partial charge in [-0.3, -0.25) is 9.78 Å². The maximum atomic E-state index is 12.1. The number of nitrogens with zero attached hydrogens (tertiary/aromatic N) is 2. The molecule has 4 nitrogen and oxygen atoms in total. The number of aromatic nitrogens is 1. The molecule has 2 aliphatic heterocycles. The molecule has 0 aromatic carbocycles. The summed E-state index contributed by atoms with van der Waals surface area (Å²) in [5.74, 6) is 2.10. The SMILES string of the molecule is O=C(CC1CC1)N1CC2(CC(OCc3ccccn3)CS2)C1. The Balaban J connectivity index is 1.22. The first-order valence-electron chi connectivity index (χ1n) is 8.16. The average molecular weight is 318 g/mol. The van der Waals surface area contributed by atoms with Crippen LogP contribution in [0.2, 0.25) is 0 Å². The Labute approximate surface area is 135 Å². The van der Waals surface area contributed by atoms with Gasteiger partial charge in [-0.25, -0.2) is 0 Å². The minimum Gasteiger partial charge on any atom is -0.371 e. The van der Waals surface area contributed by atoms with Gasteiger partial charge >= 0.3 is 0 Å². The van der Waals surface area contributed by atoms with Crippen molar-refractivity contribution in [2.45, 2.75) is 43.1 Å². The van der Waals surface area contributed by atoms with Gasteiger partial charge in [-0.05, 0) is 37.3 Å². The van der Waals surface area contributed by atoms with Crippen molar-refractivity contribution in [3.8, 4) is 0 Å². The molecule has 1 unspecified atom stereocenters. The highest BCUT2D eigenvalue weighted by Gasteiger charge is 2.51. The molecule has 1 aromatic heterocycles. The number of rotatable bonds is 5. The predicted octanol–water partition coefficient (Wildman–Crippen LogP) is 2.48. The minimum absolute atomic E-state index is 0.272. The molecule has 3 heterocycles. The maximum absolute atomic E-state index is 12.1. The Morgan fingerprint density at radius 1 is 1.41 bits per heavy atom. The van der Waals surface area contributed by atoms with Gasteiger partial charge in [0, 0.05) is 31.5 Å². The normalized spacial score (nSPS) is 26.2. The third-order valence-corrected chi connectivity index (χ3v) is 6.41. The molecule has 2 saturated heterocycles. The van der Waals surface area contributed by atoms with Crippen molar-refractivity contribution in [2.75, 3.05) is 18.8 Å². The van der Waals surface area contributed by atoms with Crippen molar-refractivity contribution >= 4 is 17.7 Å². The number of likely N-dealkylation sites (tertiary alicyclic amines) is 1. The summed E-state index contributed by atoms with van der Waals surface area (Å²) in [6.07, 6.45) is 6.45. The molecular formula is C17H22N2O2S. The zero-order chi connectivity index (χ0) is 15.0. The lowest BCUT2D eigenvalue weighted by Gasteiger charge is -2.47. The lowest BCUT2D eigenvalue weighted by Crippen LogP contribution is -2.60. The highest BCUT2D eigenvalue weighted by Crippen LogP contribution is 2.46. The van der Waals surface area contributed by atoms with E-state index >= 15 is 0 Å². The fourth-order valence-electron chi connectivity index (χ4n) is 3.34. The van der Waals surface area contributed by atoms with E-state index in [1.165, 1.54) is 12.8 Å². The van der Waals surface area contributed by atoms with Gasteiger partial charge in [-0.2, -0.15) is 0 Å². The van der Waals surface area contributed by atoms with Crippen LogP contribution in [0.1, 0.15) is 31.4 Å². The number of carbonyl (C=O) groups excluding carboxylic acids is 1. The van der Waals surface area contributed by atoms with E-state index in [2.05, 4.69) is 4.98 Å². The summed E-state index contributed by atoms with van der Waals surface area (Å²) >= 11 is 1.99. The van der Waals surface area contributed by atoms with E-state index < -0.39 is 0 Å². The summed E-state index contributed by atoms with van der Waals surface area (Å²) in [4.78, 5) is 18.4. The number of amides is 1. The van der Waals surface area contributed by atoms with Crippen molar-refractivity contribution < 1.29 is 9.53 Å². The van der Waals surface area contributed by atoms with Gasteiger partial charge in [0.25, 0.3) is 0 Å². The highest BCUT2D eigenvalue weighted by atomic mass is 32.2. The lowest BCUT2D eigenvalue weighted by atomic mass is 9.92. The van der Waals surface area contributed by atoms with Gasteiger partial charge in [0.05, 0.1) is 23.2 Å². The molecular weight excluding hydrogens is 296 g/mol. The Kier molecular flexibility index (Phi) is 3.86. The van der Waals surface area contributed by atoms with E-state index in [9.17, 15) is 4.79 Å². The van der Waals surface area contributed by atoms with Crippen LogP contribution in [0.25, 0.3) is 0 Å². The van der Waals surface area contributed by atoms with Crippen molar-refractivity contribution in [1.82, 2.24) is 9.88 Å². The van der Waals surface area contributed by atoms with E-state index in [0.717, 1.165) is 37.4 Å². The molecule has 22 heavy (non-hydrogen) atoms. The number of hydrogen-bond acceptors (Lipinski definition) is 4. The molecule has 1 aliphatic carbocycles. The molecule has 118 valence electrons. The van der Waals surface area contributed by atoms with E-state index in [-0.39, 0.29) is 4.75 Å². The summed E-state index contributed by atoms with van der Waals surface area (Å²) in [6.45, 7) is 2.44. The summed E-state index contributed by atoms with van der Waals surface area (Å²) in [6, 6.07) is 5.91. The molecule has 3 fully saturated rings. The Morgan fingerprint density at radius 3 is 3.00 bits per heavy atom. The number of ether oxygens (including phenoxy) is 1. The molecule has 0 radical (unpaired) electrons. The van der Waals surface area contributed by atoms with Gasteiger partial charge < -0.3 is 9.64 Å². The van der Waals surface area contributed by atoms with Gasteiger partial charge in [0.2, 0.25) is 5.91 Å². The first-order chi connectivity index (χ1) is 10.7. The van der Waals surface area contributed by atoms with Crippen molar-refractivity contribution in [1.29, 1.82) is 0 Å². The van der Waals surface area contributed by atoms with Crippen LogP contribution >= 0.6 is 11.8 Å². The van der Waals surface area contributed by atoms with E-state index in [1.807, 2.05) is 34.9 Å². The number of hydrogen-bond donors (Lipinski definition) is 0. The minimum atomic E-state index is 0.272. The smallest absolute Gasteiger partial charge is 0.222 e. The fraction of sp³-hybridized carbons (Fsp3) is 0.647. The van der Waals surface area contributed by atoms with Crippen LogP contribution in [0, 0.1) is 5.92 Å². The van der Waals surface area contributed by atoms with Crippen LogP contribution in [0.5, 0.6) is 0 Å². The summed E-state index contributed by atoms with van der Waals surface area (Å²) < 4.78 is 6.28. The van der Waals surface area contributed by atoms with Gasteiger partial charge in [0.15, 0.2) is 0 Å². The van der Waals surface area contributed by atoms with Crippen LogP contribution in [0.15, 0.2) is 24.4 Å². The van der Waals surface area contributed by atoms with Crippen LogP contribution in [0.3, 0.4) is 0 Å². The van der Waals surface area contributed by atoms with Crippen molar-refractivity contribution in [3.05, 3.63) is 30.1 Å². The number of pyridine rings is 1. The summed E-state index contributed by atoms with van der Waals surface area (Å²) in [7, 11) is 0. The van der Waals surface area contributed by atoms with Crippen LogP contribution < -0.4 is 0 Å². The zero-order valence-corrected chi connectivity index (χ0v) is 13.6. The second-order valence-corrected chi connectivity index (χ2v) is 8.34. The third-order valence-electron chi connectivity index (χ3n) is 4.84. The largest absolute Gasteiger partial charge is 0.371 e. The second kappa shape index (κ2) is 5.85. The van der Waals surface area contributed by atoms with Crippen LogP contribution in [-0.4, -0.2) is 45.5 Å². The first kappa shape index (κ1) is 14.5. The predicted molar refractivity (Wildman–Crippen MR) is 86.5 cm³/mol. The molecule has 1 spiro atoms. The topological polar surface area (TPSA) is 42.4 Å². The highest BCUT2D eigenvalue weighted by molar-refractivity contribution is 8.01. The van der Waals surface area contributed by atoms with E-state index in [4.69, 9.17) is 4.74 Å². The molecule has 5 heteroatoms. The Bertz CT molecular complexity index is 541. The molecule has 0 N–H and O–H groups in total. The molecule has 1 atom stereocenters. The molecule has 3 aliphatic rings. The monoisotopic (exact) mass is 318 g/mol. The molecule has 1 saturated carbocycles. The van der Waals surface area contributed by atoms with E-state index in [0.29, 0.717) is 24.5 Å². The second-order valence-electron chi connectivity index (χ2n) is 6.85. The molecule has 1 aromatic rings. The van der Waals surface area contributed by atoms with Crippen molar-refractivity contribution in [2.24, 2.45) is 5.92 Å². The van der Waals surface area contributed by atoms with E-state index in [1.54, 1.807) is 6.20 Å². The standard InChI is InChI=1S/C17H22N2O2S/c20-16(7-13-4-5-13)19-11-17(12-19)8-15(10-22-17)21-9-14-3-1-2-6-18-14/h1-3,6,13,15H,4-5,7-12H2. The zero-order valence-electron chi connectivity index (χ0n) is 12.7. The van der Waals surface area contributed by atoms with Gasteiger partial charge in [0.1, 0.15) is 0 Å². The Hall–Kier alpha value is -1.07. The summed E-state index contributed by atoms with van der Waals surface area (Å²) in [5, 5.41) is 0. The lowest BCUT2D eigenvalue weighted by molar-refractivity contribution is -0.137. The quantitative estimate of drug-likeness (QED) is 0.836. The number of thioether (sulfide) groups is 1. The van der Waals surface area contributed by atoms with Gasteiger partial charge in [-0.1, -0.05) is 6.07 Å². The number of carbonyl (C=O) groups is 1. The average Bonchev–Trinajstić information content (AvgIpc) is 3.20. The Morgan fingerprint density at radius 2 is 2.27 bits per heavy atom. The maximum Gasteiger partial charge on any atom is 0.222 e. The van der Waals surface area contributed by atoms with Crippen LogP contribution in [-0.2, 0) is 16.1 Å².